The highest BCUT2D eigenvalue weighted by Gasteiger charge is 2.25. The zero-order valence-electron chi connectivity index (χ0n) is 14.8. The van der Waals surface area contributed by atoms with Crippen LogP contribution < -0.4 is 5.32 Å². The summed E-state index contributed by atoms with van der Waals surface area (Å²) in [5.74, 6) is -0.155. The molecule has 1 heterocycles. The number of carbonyl (C=O) groups is 2. The van der Waals surface area contributed by atoms with Crippen molar-refractivity contribution in [1.82, 2.24) is 10.2 Å². The van der Waals surface area contributed by atoms with Gasteiger partial charge in [-0.05, 0) is 36.0 Å². The predicted octanol–water partition coefficient (Wildman–Crippen LogP) is 2.91. The van der Waals surface area contributed by atoms with Crippen LogP contribution in [0.4, 0.5) is 4.39 Å². The maximum absolute atomic E-state index is 12.9. The number of halogens is 1. The Balaban J connectivity index is 1.76. The van der Waals surface area contributed by atoms with Crippen molar-refractivity contribution in [3.63, 3.8) is 0 Å². The predicted molar refractivity (Wildman–Crippen MR) is 91.9 cm³/mol. The van der Waals surface area contributed by atoms with E-state index in [0.29, 0.717) is 25.9 Å². The van der Waals surface area contributed by atoms with Crippen LogP contribution >= 0.6 is 0 Å². The quantitative estimate of drug-likeness (QED) is 0.920. The summed E-state index contributed by atoms with van der Waals surface area (Å²) in [6, 6.07) is 6.19. The molecule has 24 heavy (non-hydrogen) atoms. The van der Waals surface area contributed by atoms with Crippen molar-refractivity contribution in [3.05, 3.63) is 35.6 Å². The van der Waals surface area contributed by atoms with Crippen LogP contribution in [0.5, 0.6) is 0 Å². The lowest BCUT2D eigenvalue weighted by atomic mass is 9.91. The van der Waals surface area contributed by atoms with Crippen LogP contribution in [0.3, 0.4) is 0 Å². The lowest BCUT2D eigenvalue weighted by Crippen LogP contribution is -2.47. The SMILES string of the molecule is CC(C)(C)CC(=O)NC1CCN(C(=O)Cc2ccc(F)cc2)CC1. The molecule has 0 aromatic heterocycles. The molecule has 1 fully saturated rings. The van der Waals surface area contributed by atoms with Gasteiger partial charge in [-0.3, -0.25) is 9.59 Å². The van der Waals surface area contributed by atoms with E-state index in [1.807, 2.05) is 25.7 Å². The van der Waals surface area contributed by atoms with E-state index in [4.69, 9.17) is 0 Å². The summed E-state index contributed by atoms with van der Waals surface area (Å²) in [4.78, 5) is 26.1. The van der Waals surface area contributed by atoms with Crippen molar-refractivity contribution in [2.24, 2.45) is 5.41 Å². The molecule has 4 nitrogen and oxygen atoms in total. The number of piperidine rings is 1. The van der Waals surface area contributed by atoms with E-state index in [-0.39, 0.29) is 29.1 Å². The Bertz CT molecular complexity index is 570. The van der Waals surface area contributed by atoms with Crippen LogP contribution in [0.25, 0.3) is 0 Å². The van der Waals surface area contributed by atoms with E-state index in [0.717, 1.165) is 18.4 Å². The van der Waals surface area contributed by atoms with Crippen molar-refractivity contribution >= 4 is 11.8 Å². The number of rotatable bonds is 4. The number of carbonyl (C=O) groups excluding carboxylic acids is 2. The van der Waals surface area contributed by atoms with Gasteiger partial charge in [0.05, 0.1) is 6.42 Å². The molecule has 0 saturated carbocycles. The molecule has 1 aliphatic rings. The second kappa shape index (κ2) is 7.77. The minimum atomic E-state index is -0.294. The highest BCUT2D eigenvalue weighted by molar-refractivity contribution is 5.79. The minimum Gasteiger partial charge on any atom is -0.353 e. The molecule has 0 unspecified atom stereocenters. The van der Waals surface area contributed by atoms with E-state index < -0.39 is 0 Å². The van der Waals surface area contributed by atoms with Gasteiger partial charge in [0.2, 0.25) is 11.8 Å². The summed E-state index contributed by atoms with van der Waals surface area (Å²) in [5, 5.41) is 3.07. The van der Waals surface area contributed by atoms with Gasteiger partial charge in [0, 0.05) is 25.6 Å². The number of nitrogens with one attached hydrogen (secondary N) is 1. The average molecular weight is 334 g/mol. The number of nitrogens with zero attached hydrogens (tertiary/aromatic N) is 1. The van der Waals surface area contributed by atoms with Crippen molar-refractivity contribution in [2.45, 2.75) is 52.5 Å². The second-order valence-corrected chi connectivity index (χ2v) is 7.76. The van der Waals surface area contributed by atoms with Crippen LogP contribution in [-0.4, -0.2) is 35.8 Å². The topological polar surface area (TPSA) is 49.4 Å². The maximum Gasteiger partial charge on any atom is 0.226 e. The van der Waals surface area contributed by atoms with E-state index in [9.17, 15) is 14.0 Å². The van der Waals surface area contributed by atoms with Crippen molar-refractivity contribution in [1.29, 1.82) is 0 Å². The summed E-state index contributed by atoms with van der Waals surface area (Å²) in [6.07, 6.45) is 2.37. The summed E-state index contributed by atoms with van der Waals surface area (Å²) < 4.78 is 12.9. The van der Waals surface area contributed by atoms with Crippen LogP contribution in [0.1, 0.15) is 45.6 Å². The molecule has 5 heteroatoms. The normalized spacial score (nSPS) is 16.1. The Labute approximate surface area is 143 Å². The molecule has 0 bridgehead atoms. The molecule has 2 amide bonds. The van der Waals surface area contributed by atoms with Gasteiger partial charge in [0.15, 0.2) is 0 Å². The molecule has 0 spiro atoms. The Kier molecular flexibility index (Phi) is 5.97. The van der Waals surface area contributed by atoms with Gasteiger partial charge in [-0.2, -0.15) is 0 Å². The average Bonchev–Trinajstić information content (AvgIpc) is 2.48. The fraction of sp³-hybridized carbons (Fsp3) is 0.579. The van der Waals surface area contributed by atoms with Gasteiger partial charge < -0.3 is 10.2 Å². The number of likely N-dealkylation sites (tertiary alicyclic amines) is 1. The van der Waals surface area contributed by atoms with E-state index >= 15 is 0 Å². The van der Waals surface area contributed by atoms with Crippen LogP contribution in [0.15, 0.2) is 24.3 Å². The van der Waals surface area contributed by atoms with Gasteiger partial charge in [0.1, 0.15) is 5.82 Å². The Morgan fingerprint density at radius 3 is 2.29 bits per heavy atom. The lowest BCUT2D eigenvalue weighted by Gasteiger charge is -2.33. The molecule has 1 aliphatic heterocycles. The van der Waals surface area contributed by atoms with Crippen LogP contribution in [0.2, 0.25) is 0 Å². The van der Waals surface area contributed by atoms with Gasteiger partial charge in [-0.1, -0.05) is 32.9 Å². The first kappa shape index (κ1) is 18.4. The molecule has 1 saturated heterocycles. The molecular weight excluding hydrogens is 307 g/mol. The highest BCUT2D eigenvalue weighted by Crippen LogP contribution is 2.19. The highest BCUT2D eigenvalue weighted by atomic mass is 19.1. The first-order valence-corrected chi connectivity index (χ1v) is 8.54. The van der Waals surface area contributed by atoms with Crippen molar-refractivity contribution in [2.75, 3.05) is 13.1 Å². The molecule has 1 aromatic rings. The van der Waals surface area contributed by atoms with Gasteiger partial charge in [0.25, 0.3) is 0 Å². The fourth-order valence-corrected chi connectivity index (χ4v) is 2.92. The summed E-state index contributed by atoms with van der Waals surface area (Å²) >= 11 is 0. The Hall–Kier alpha value is -1.91. The molecular formula is C19H27FN2O2. The number of hydrogen-bond donors (Lipinski definition) is 1. The summed E-state index contributed by atoms with van der Waals surface area (Å²) in [5.41, 5.74) is 0.803. The fourth-order valence-electron chi connectivity index (χ4n) is 2.92. The third kappa shape index (κ3) is 5.95. The molecule has 0 radical (unpaired) electrons. The van der Waals surface area contributed by atoms with E-state index in [1.165, 1.54) is 12.1 Å². The third-order valence-corrected chi connectivity index (χ3v) is 4.17. The Morgan fingerprint density at radius 1 is 1.17 bits per heavy atom. The smallest absolute Gasteiger partial charge is 0.226 e. The number of hydrogen-bond acceptors (Lipinski definition) is 2. The monoisotopic (exact) mass is 334 g/mol. The third-order valence-electron chi connectivity index (χ3n) is 4.17. The standard InChI is InChI=1S/C19H27FN2O2/c1-19(2,3)13-17(23)21-16-8-10-22(11-9-16)18(24)12-14-4-6-15(20)7-5-14/h4-7,16H,8-13H2,1-3H3,(H,21,23). The minimum absolute atomic E-state index is 0.0179. The zero-order valence-corrected chi connectivity index (χ0v) is 14.8. The molecule has 2 rings (SSSR count). The zero-order chi connectivity index (χ0) is 17.7. The summed E-state index contributed by atoms with van der Waals surface area (Å²) in [6.45, 7) is 7.44. The summed E-state index contributed by atoms with van der Waals surface area (Å²) in [7, 11) is 0. The maximum atomic E-state index is 12.9. The van der Waals surface area contributed by atoms with Crippen molar-refractivity contribution in [3.8, 4) is 0 Å². The van der Waals surface area contributed by atoms with E-state index in [1.54, 1.807) is 12.1 Å². The van der Waals surface area contributed by atoms with Gasteiger partial charge >= 0.3 is 0 Å². The Morgan fingerprint density at radius 2 is 1.75 bits per heavy atom. The van der Waals surface area contributed by atoms with Gasteiger partial charge in [-0.25, -0.2) is 4.39 Å². The number of benzene rings is 1. The molecule has 0 aliphatic carbocycles. The first-order valence-electron chi connectivity index (χ1n) is 8.54. The molecule has 0 atom stereocenters. The van der Waals surface area contributed by atoms with Crippen LogP contribution in [0, 0.1) is 11.2 Å². The van der Waals surface area contributed by atoms with Crippen molar-refractivity contribution < 1.29 is 14.0 Å². The molecule has 132 valence electrons. The van der Waals surface area contributed by atoms with E-state index in [2.05, 4.69) is 5.32 Å². The van der Waals surface area contributed by atoms with Crippen LogP contribution in [-0.2, 0) is 16.0 Å². The van der Waals surface area contributed by atoms with Gasteiger partial charge in [-0.15, -0.1) is 0 Å². The molecule has 1 N–H and O–H groups in total. The largest absolute Gasteiger partial charge is 0.353 e. The first-order chi connectivity index (χ1) is 11.2. The molecule has 1 aromatic carbocycles. The second-order valence-electron chi connectivity index (χ2n) is 7.76. The number of amides is 2. The lowest BCUT2D eigenvalue weighted by molar-refractivity contribution is -0.131.